The Hall–Kier alpha value is -1.12. The molecule has 3 heteroatoms. The zero-order valence-electron chi connectivity index (χ0n) is 13.1. The molecule has 0 unspecified atom stereocenters. The minimum absolute atomic E-state index is 0.131. The van der Waals surface area contributed by atoms with Crippen LogP contribution in [0.3, 0.4) is 0 Å². The maximum Gasteiger partial charge on any atom is 0.313 e. The van der Waals surface area contributed by atoms with Crippen LogP contribution in [0.15, 0.2) is 12.2 Å². The molecule has 3 nitrogen and oxygen atoms in total. The number of ether oxygens (including phenoxy) is 1. The van der Waals surface area contributed by atoms with Gasteiger partial charge < -0.3 is 4.74 Å². The summed E-state index contributed by atoms with van der Waals surface area (Å²) in [6.45, 7) is 7.26. The lowest BCUT2D eigenvalue weighted by Gasteiger charge is -2.36. The molecule has 0 saturated heterocycles. The van der Waals surface area contributed by atoms with Crippen molar-refractivity contribution in [1.29, 1.82) is 0 Å². The van der Waals surface area contributed by atoms with E-state index in [9.17, 15) is 9.59 Å². The third kappa shape index (κ3) is 3.31. The normalized spacial score (nSPS) is 22.6. The molecule has 112 valence electrons. The number of rotatable bonds is 5. The molecule has 20 heavy (non-hydrogen) atoms. The van der Waals surface area contributed by atoms with Crippen LogP contribution < -0.4 is 0 Å². The predicted octanol–water partition coefficient (Wildman–Crippen LogP) is 3.67. The first-order valence-electron chi connectivity index (χ1n) is 7.63. The molecule has 0 N–H and O–H groups in total. The number of Topliss-reactive ketones (excluding diaryl/α,β-unsaturated/α-hetero) is 1. The van der Waals surface area contributed by atoms with Gasteiger partial charge in [-0.25, -0.2) is 0 Å². The van der Waals surface area contributed by atoms with Gasteiger partial charge in [0.05, 0.1) is 5.41 Å². The molecule has 0 amide bonds. The third-order valence-corrected chi connectivity index (χ3v) is 4.36. The summed E-state index contributed by atoms with van der Waals surface area (Å²) in [5, 5.41) is 0. The number of ketones is 1. The molecule has 1 atom stereocenters. The molecular weight excluding hydrogens is 252 g/mol. The lowest BCUT2D eigenvalue weighted by atomic mass is 9.69. The van der Waals surface area contributed by atoms with Crippen LogP contribution in [0.25, 0.3) is 0 Å². The Morgan fingerprint density at radius 1 is 1.25 bits per heavy atom. The minimum atomic E-state index is -0.651. The van der Waals surface area contributed by atoms with Crippen LogP contribution in [0, 0.1) is 17.3 Å². The van der Waals surface area contributed by atoms with E-state index in [1.807, 2.05) is 32.9 Å². The van der Waals surface area contributed by atoms with Crippen molar-refractivity contribution in [1.82, 2.24) is 0 Å². The van der Waals surface area contributed by atoms with E-state index < -0.39 is 11.0 Å². The van der Waals surface area contributed by atoms with Crippen molar-refractivity contribution in [3.63, 3.8) is 0 Å². The highest BCUT2D eigenvalue weighted by Crippen LogP contribution is 2.49. The highest BCUT2D eigenvalue weighted by atomic mass is 16.6. The van der Waals surface area contributed by atoms with E-state index in [0.717, 1.165) is 6.42 Å². The average molecular weight is 278 g/mol. The number of esters is 1. The molecule has 0 spiro atoms. The summed E-state index contributed by atoms with van der Waals surface area (Å²) in [6.07, 6.45) is 8.55. The number of hydrogen-bond donors (Lipinski definition) is 0. The summed E-state index contributed by atoms with van der Waals surface area (Å²) in [5.74, 6) is 0.367. The van der Waals surface area contributed by atoms with Gasteiger partial charge in [-0.05, 0) is 52.9 Å². The molecule has 1 saturated carbocycles. The van der Waals surface area contributed by atoms with Crippen molar-refractivity contribution < 1.29 is 14.3 Å². The second kappa shape index (κ2) is 5.34. The summed E-state index contributed by atoms with van der Waals surface area (Å²) >= 11 is 0. The molecule has 2 rings (SSSR count). The summed E-state index contributed by atoms with van der Waals surface area (Å²) in [6, 6.07) is 0. The van der Waals surface area contributed by atoms with Crippen molar-refractivity contribution in [3.05, 3.63) is 12.2 Å². The fourth-order valence-corrected chi connectivity index (χ4v) is 3.11. The number of carbonyl (C=O) groups is 2. The molecule has 0 bridgehead atoms. The van der Waals surface area contributed by atoms with E-state index in [4.69, 9.17) is 4.74 Å². The lowest BCUT2D eigenvalue weighted by molar-refractivity contribution is -0.172. The van der Waals surface area contributed by atoms with E-state index in [2.05, 4.69) is 0 Å². The van der Waals surface area contributed by atoms with Crippen LogP contribution in [-0.4, -0.2) is 17.4 Å². The Labute approximate surface area is 121 Å². The second-order valence-corrected chi connectivity index (χ2v) is 7.38. The van der Waals surface area contributed by atoms with Crippen molar-refractivity contribution in [2.75, 3.05) is 0 Å². The van der Waals surface area contributed by atoms with Crippen LogP contribution in [-0.2, 0) is 14.3 Å². The summed E-state index contributed by atoms with van der Waals surface area (Å²) in [7, 11) is 0. The fraction of sp³-hybridized carbons (Fsp3) is 0.765. The van der Waals surface area contributed by atoms with Gasteiger partial charge in [0, 0.05) is 5.92 Å². The van der Waals surface area contributed by atoms with Crippen LogP contribution in [0.4, 0.5) is 0 Å². The summed E-state index contributed by atoms with van der Waals surface area (Å²) < 4.78 is 5.63. The SMILES string of the molecule is CC(=O)[C@H](CC1CC1)C1(C(=O)OC(C)(C)C)CC=CC1. The van der Waals surface area contributed by atoms with Gasteiger partial charge in [0.2, 0.25) is 0 Å². The van der Waals surface area contributed by atoms with Gasteiger partial charge >= 0.3 is 5.97 Å². The van der Waals surface area contributed by atoms with Crippen LogP contribution in [0.1, 0.15) is 59.8 Å². The van der Waals surface area contributed by atoms with E-state index in [-0.39, 0.29) is 17.7 Å². The Balaban J connectivity index is 2.22. The topological polar surface area (TPSA) is 43.4 Å². The van der Waals surface area contributed by atoms with Gasteiger partial charge in [-0.15, -0.1) is 0 Å². The predicted molar refractivity (Wildman–Crippen MR) is 78.2 cm³/mol. The molecule has 0 aromatic rings. The van der Waals surface area contributed by atoms with Gasteiger partial charge in [-0.3, -0.25) is 9.59 Å². The maximum absolute atomic E-state index is 12.7. The molecule has 0 heterocycles. The summed E-state index contributed by atoms with van der Waals surface area (Å²) in [4.78, 5) is 24.9. The quantitative estimate of drug-likeness (QED) is 0.569. The van der Waals surface area contributed by atoms with Crippen LogP contribution in [0.5, 0.6) is 0 Å². The largest absolute Gasteiger partial charge is 0.460 e. The van der Waals surface area contributed by atoms with Gasteiger partial charge in [0.15, 0.2) is 0 Å². The molecule has 1 fully saturated rings. The van der Waals surface area contributed by atoms with Crippen LogP contribution >= 0.6 is 0 Å². The van der Waals surface area contributed by atoms with E-state index in [0.29, 0.717) is 18.8 Å². The van der Waals surface area contributed by atoms with Crippen molar-refractivity contribution >= 4 is 11.8 Å². The first kappa shape index (κ1) is 15.3. The Kier molecular flexibility index (Phi) is 4.08. The fourth-order valence-electron chi connectivity index (χ4n) is 3.11. The molecule has 0 aromatic carbocycles. The monoisotopic (exact) mass is 278 g/mol. The van der Waals surface area contributed by atoms with Crippen molar-refractivity contribution in [3.8, 4) is 0 Å². The highest BCUT2D eigenvalue weighted by molar-refractivity contribution is 5.88. The molecule has 0 aromatic heterocycles. The van der Waals surface area contributed by atoms with Crippen molar-refractivity contribution in [2.24, 2.45) is 17.3 Å². The van der Waals surface area contributed by atoms with E-state index >= 15 is 0 Å². The summed E-state index contributed by atoms with van der Waals surface area (Å²) in [5.41, 5.74) is -1.16. The van der Waals surface area contributed by atoms with Gasteiger partial charge in [-0.2, -0.15) is 0 Å². The zero-order chi connectivity index (χ0) is 15.0. The van der Waals surface area contributed by atoms with Crippen molar-refractivity contribution in [2.45, 2.75) is 65.4 Å². The van der Waals surface area contributed by atoms with E-state index in [1.165, 1.54) is 12.8 Å². The second-order valence-electron chi connectivity index (χ2n) is 7.38. The molecule has 0 radical (unpaired) electrons. The first-order chi connectivity index (χ1) is 9.24. The molecular formula is C17H26O3. The zero-order valence-corrected chi connectivity index (χ0v) is 13.1. The average Bonchev–Trinajstić information content (AvgIpc) is 2.99. The number of carbonyl (C=O) groups excluding carboxylic acids is 2. The minimum Gasteiger partial charge on any atom is -0.460 e. The molecule has 0 aliphatic heterocycles. The molecule has 2 aliphatic carbocycles. The molecule has 2 aliphatic rings. The smallest absolute Gasteiger partial charge is 0.313 e. The van der Waals surface area contributed by atoms with Crippen LogP contribution in [0.2, 0.25) is 0 Å². The van der Waals surface area contributed by atoms with Gasteiger partial charge in [-0.1, -0.05) is 25.0 Å². The standard InChI is InChI=1S/C17H26O3/c1-12(18)14(11-13-7-8-13)17(9-5-6-10-17)15(19)20-16(2,3)4/h5-6,13-14H,7-11H2,1-4H3/t14-/m0/s1. The Morgan fingerprint density at radius 3 is 2.20 bits per heavy atom. The number of hydrogen-bond acceptors (Lipinski definition) is 3. The maximum atomic E-state index is 12.7. The highest BCUT2D eigenvalue weighted by Gasteiger charge is 2.51. The lowest BCUT2D eigenvalue weighted by Crippen LogP contribution is -2.44. The number of allylic oxidation sites excluding steroid dienone is 2. The van der Waals surface area contributed by atoms with Gasteiger partial charge in [0.25, 0.3) is 0 Å². The van der Waals surface area contributed by atoms with Gasteiger partial charge in [0.1, 0.15) is 11.4 Å². The Bertz CT molecular complexity index is 416. The Morgan fingerprint density at radius 2 is 1.80 bits per heavy atom. The first-order valence-corrected chi connectivity index (χ1v) is 7.63. The van der Waals surface area contributed by atoms with E-state index in [1.54, 1.807) is 6.92 Å². The third-order valence-electron chi connectivity index (χ3n) is 4.36.